The molecular formula is C20H30N6O2. The molecule has 0 spiro atoms. The van der Waals surface area contributed by atoms with Crippen LogP contribution in [0.25, 0.3) is 0 Å². The summed E-state index contributed by atoms with van der Waals surface area (Å²) in [5, 5.41) is 12.2. The van der Waals surface area contributed by atoms with E-state index in [1.165, 1.54) is 11.3 Å². The van der Waals surface area contributed by atoms with Crippen LogP contribution in [0.5, 0.6) is 0 Å². The fourth-order valence-corrected chi connectivity index (χ4v) is 4.20. The van der Waals surface area contributed by atoms with Crippen molar-refractivity contribution in [2.75, 3.05) is 19.7 Å². The lowest BCUT2D eigenvalue weighted by Crippen LogP contribution is -2.44. The second-order valence-corrected chi connectivity index (χ2v) is 7.78. The minimum Gasteiger partial charge on any atom is -0.376 e. The van der Waals surface area contributed by atoms with Gasteiger partial charge in [0.05, 0.1) is 30.7 Å². The van der Waals surface area contributed by atoms with Crippen LogP contribution in [0.15, 0.2) is 6.20 Å². The highest BCUT2D eigenvalue weighted by molar-refractivity contribution is 5.95. The molecule has 0 bridgehead atoms. The SMILES string of the molecule is CCn1nc(CN2CCC(NC(=O)c3cnn(C)c3C)CC2)c2c1CCOC2. The number of hydrogen-bond acceptors (Lipinski definition) is 5. The first-order chi connectivity index (χ1) is 13.6. The van der Waals surface area contributed by atoms with E-state index < -0.39 is 0 Å². The molecule has 0 saturated carbocycles. The molecule has 2 aromatic rings. The standard InChI is InChI=1S/C20H30N6O2/c1-4-26-19-7-10-28-13-17(19)18(23-26)12-25-8-5-15(6-9-25)22-20(27)16-11-21-24(3)14(16)2/h11,15H,4-10,12-13H2,1-3H3,(H,22,27). The van der Waals surface area contributed by atoms with E-state index in [4.69, 9.17) is 9.84 Å². The average molecular weight is 387 g/mol. The summed E-state index contributed by atoms with van der Waals surface area (Å²) in [4.78, 5) is 15.0. The van der Waals surface area contributed by atoms with E-state index in [1.54, 1.807) is 10.9 Å². The lowest BCUT2D eigenvalue weighted by atomic mass is 10.0. The van der Waals surface area contributed by atoms with Crippen LogP contribution in [-0.2, 0) is 37.9 Å². The Bertz CT molecular complexity index is 847. The van der Waals surface area contributed by atoms with E-state index in [0.717, 1.165) is 63.4 Å². The fraction of sp³-hybridized carbons (Fsp3) is 0.650. The van der Waals surface area contributed by atoms with Crippen LogP contribution in [0.2, 0.25) is 0 Å². The second kappa shape index (κ2) is 8.05. The minimum absolute atomic E-state index is 0.0167. The lowest BCUT2D eigenvalue weighted by Gasteiger charge is -2.32. The van der Waals surface area contributed by atoms with E-state index >= 15 is 0 Å². The molecule has 2 aromatic heterocycles. The summed E-state index contributed by atoms with van der Waals surface area (Å²) in [6, 6.07) is 0.216. The first-order valence-electron chi connectivity index (χ1n) is 10.2. The van der Waals surface area contributed by atoms with E-state index in [-0.39, 0.29) is 11.9 Å². The molecule has 2 aliphatic rings. The number of nitrogens with one attached hydrogen (secondary N) is 1. The normalized spacial score (nSPS) is 18.2. The Labute approximate surface area is 165 Å². The van der Waals surface area contributed by atoms with Gasteiger partial charge in [0.15, 0.2) is 0 Å². The first kappa shape index (κ1) is 19.1. The number of ether oxygens (including phenoxy) is 1. The Hall–Kier alpha value is -2.19. The summed E-state index contributed by atoms with van der Waals surface area (Å²) in [5.74, 6) is -0.0167. The van der Waals surface area contributed by atoms with Gasteiger partial charge >= 0.3 is 0 Å². The molecule has 8 nitrogen and oxygen atoms in total. The monoisotopic (exact) mass is 386 g/mol. The maximum atomic E-state index is 12.5. The largest absolute Gasteiger partial charge is 0.376 e. The van der Waals surface area contributed by atoms with Crippen molar-refractivity contribution in [2.24, 2.45) is 7.05 Å². The van der Waals surface area contributed by atoms with Crippen LogP contribution in [0.3, 0.4) is 0 Å². The molecule has 4 heterocycles. The van der Waals surface area contributed by atoms with E-state index in [1.807, 2.05) is 14.0 Å². The van der Waals surface area contributed by atoms with Crippen molar-refractivity contribution in [1.29, 1.82) is 0 Å². The summed E-state index contributed by atoms with van der Waals surface area (Å²) in [7, 11) is 1.86. The Kier molecular flexibility index (Phi) is 5.50. The molecule has 1 N–H and O–H groups in total. The summed E-state index contributed by atoms with van der Waals surface area (Å²) >= 11 is 0. The zero-order valence-corrected chi connectivity index (χ0v) is 17.1. The Morgan fingerprint density at radius 3 is 2.82 bits per heavy atom. The summed E-state index contributed by atoms with van der Waals surface area (Å²) < 4.78 is 9.54. The van der Waals surface area contributed by atoms with Crippen molar-refractivity contribution in [3.8, 4) is 0 Å². The van der Waals surface area contributed by atoms with Crippen molar-refractivity contribution in [2.45, 2.75) is 58.8 Å². The van der Waals surface area contributed by atoms with Gasteiger partial charge in [0.2, 0.25) is 0 Å². The molecule has 0 atom stereocenters. The third kappa shape index (κ3) is 3.71. The third-order valence-electron chi connectivity index (χ3n) is 6.05. The number of hydrogen-bond donors (Lipinski definition) is 1. The average Bonchev–Trinajstić information content (AvgIpc) is 3.24. The van der Waals surface area contributed by atoms with E-state index in [2.05, 4.69) is 26.9 Å². The van der Waals surface area contributed by atoms with Gasteiger partial charge in [0.25, 0.3) is 5.91 Å². The fourth-order valence-electron chi connectivity index (χ4n) is 4.20. The van der Waals surface area contributed by atoms with Gasteiger partial charge in [0.1, 0.15) is 0 Å². The minimum atomic E-state index is -0.0167. The molecule has 4 rings (SSSR count). The molecule has 2 aliphatic heterocycles. The highest BCUT2D eigenvalue weighted by atomic mass is 16.5. The van der Waals surface area contributed by atoms with Crippen LogP contribution >= 0.6 is 0 Å². The zero-order chi connectivity index (χ0) is 19.7. The number of nitrogens with zero attached hydrogens (tertiary/aromatic N) is 5. The van der Waals surface area contributed by atoms with Crippen LogP contribution in [0, 0.1) is 6.92 Å². The highest BCUT2D eigenvalue weighted by Gasteiger charge is 2.26. The molecule has 0 aliphatic carbocycles. The first-order valence-corrected chi connectivity index (χ1v) is 10.2. The number of likely N-dealkylation sites (tertiary alicyclic amines) is 1. The van der Waals surface area contributed by atoms with Crippen molar-refractivity contribution in [3.63, 3.8) is 0 Å². The maximum Gasteiger partial charge on any atom is 0.254 e. The summed E-state index contributed by atoms with van der Waals surface area (Å²) in [6.45, 7) is 9.23. The summed E-state index contributed by atoms with van der Waals surface area (Å²) in [6.07, 6.45) is 4.52. The van der Waals surface area contributed by atoms with Crippen molar-refractivity contribution in [1.82, 2.24) is 29.8 Å². The molecule has 152 valence electrons. The van der Waals surface area contributed by atoms with Crippen LogP contribution in [0.1, 0.15) is 52.8 Å². The topological polar surface area (TPSA) is 77.2 Å². The Morgan fingerprint density at radius 2 is 2.14 bits per heavy atom. The maximum absolute atomic E-state index is 12.5. The second-order valence-electron chi connectivity index (χ2n) is 7.78. The van der Waals surface area contributed by atoms with Gasteiger partial charge in [-0.15, -0.1) is 0 Å². The van der Waals surface area contributed by atoms with Gasteiger partial charge < -0.3 is 10.1 Å². The lowest BCUT2D eigenvalue weighted by molar-refractivity contribution is 0.0905. The number of rotatable bonds is 5. The Morgan fingerprint density at radius 1 is 1.36 bits per heavy atom. The highest BCUT2D eigenvalue weighted by Crippen LogP contribution is 2.23. The number of aromatic nitrogens is 4. The van der Waals surface area contributed by atoms with Crippen LogP contribution in [0.4, 0.5) is 0 Å². The van der Waals surface area contributed by atoms with Crippen LogP contribution < -0.4 is 5.32 Å². The van der Waals surface area contributed by atoms with E-state index in [0.29, 0.717) is 12.2 Å². The third-order valence-corrected chi connectivity index (χ3v) is 6.05. The molecule has 28 heavy (non-hydrogen) atoms. The van der Waals surface area contributed by atoms with Crippen molar-refractivity contribution in [3.05, 3.63) is 34.4 Å². The summed E-state index contributed by atoms with van der Waals surface area (Å²) in [5.41, 5.74) is 5.36. The van der Waals surface area contributed by atoms with Crippen LogP contribution in [-0.4, -0.2) is 56.1 Å². The van der Waals surface area contributed by atoms with Gasteiger partial charge in [-0.05, 0) is 26.7 Å². The number of piperidine rings is 1. The number of aryl methyl sites for hydroxylation is 2. The quantitative estimate of drug-likeness (QED) is 0.841. The van der Waals surface area contributed by atoms with Gasteiger partial charge in [-0.1, -0.05) is 0 Å². The molecule has 1 amide bonds. The van der Waals surface area contributed by atoms with E-state index in [9.17, 15) is 4.79 Å². The molecule has 1 saturated heterocycles. The zero-order valence-electron chi connectivity index (χ0n) is 17.1. The Balaban J connectivity index is 1.33. The molecule has 1 fully saturated rings. The number of carbonyl (C=O) groups is 1. The van der Waals surface area contributed by atoms with Crippen molar-refractivity contribution < 1.29 is 9.53 Å². The van der Waals surface area contributed by atoms with Gasteiger partial charge in [-0.3, -0.25) is 19.1 Å². The predicted octanol–water partition coefficient (Wildman–Crippen LogP) is 1.41. The number of carbonyl (C=O) groups excluding carboxylic acids is 1. The molecule has 0 radical (unpaired) electrons. The number of amides is 1. The smallest absolute Gasteiger partial charge is 0.254 e. The van der Waals surface area contributed by atoms with Gasteiger partial charge in [-0.25, -0.2) is 0 Å². The molecule has 0 unspecified atom stereocenters. The van der Waals surface area contributed by atoms with Gasteiger partial charge in [-0.2, -0.15) is 10.2 Å². The predicted molar refractivity (Wildman–Crippen MR) is 105 cm³/mol. The van der Waals surface area contributed by atoms with Crippen molar-refractivity contribution >= 4 is 5.91 Å². The molecule has 0 aromatic carbocycles. The number of fused-ring (bicyclic) bond motifs is 1. The molecular weight excluding hydrogens is 356 g/mol. The van der Waals surface area contributed by atoms with Gasteiger partial charge in [0, 0.05) is 62.6 Å². The molecule has 8 heteroatoms.